The number of rotatable bonds is 4. The molecule has 0 saturated carbocycles. The fourth-order valence-corrected chi connectivity index (χ4v) is 3.02. The second-order valence-electron chi connectivity index (χ2n) is 1.28. The van der Waals surface area contributed by atoms with Crippen LogP contribution in [0.5, 0.6) is 0 Å². The van der Waals surface area contributed by atoms with Gasteiger partial charge < -0.3 is 0 Å². The summed E-state index contributed by atoms with van der Waals surface area (Å²) in [4.78, 5) is 0. The fourth-order valence-electron chi connectivity index (χ4n) is 0.353. The molecule has 9 heavy (non-hydrogen) atoms. The maximum atomic E-state index is 5.12. The molecule has 0 aliphatic rings. The van der Waals surface area contributed by atoms with Gasteiger partial charge in [-0.15, -0.1) is 0 Å². The topological polar surface area (TPSA) is 18.5 Å². The molecule has 0 aromatic rings. The summed E-state index contributed by atoms with van der Waals surface area (Å²) in [5, 5.41) is -1.98. The van der Waals surface area contributed by atoms with Crippen molar-refractivity contribution in [3.8, 4) is 0 Å². The number of hydrogen-bond acceptors (Lipinski definition) is 3. The second-order valence-corrected chi connectivity index (χ2v) is 8.73. The van der Waals surface area contributed by atoms with Crippen LogP contribution in [0, 0.1) is 0 Å². The Labute approximate surface area is 68.8 Å². The van der Waals surface area contributed by atoms with Crippen LogP contribution in [0.4, 0.5) is 0 Å². The van der Waals surface area contributed by atoms with Gasteiger partial charge in [0.1, 0.15) is 0 Å². The van der Waals surface area contributed by atoms with Gasteiger partial charge in [-0.25, -0.2) is 0 Å². The van der Waals surface area contributed by atoms with E-state index >= 15 is 0 Å². The minimum atomic E-state index is -1.98. The third-order valence-electron chi connectivity index (χ3n) is 0.574. The molecule has 0 N–H and O–H groups in total. The van der Waals surface area contributed by atoms with Crippen molar-refractivity contribution in [2.75, 3.05) is 13.2 Å². The molecule has 0 spiro atoms. The molecule has 0 rings (SSSR count). The molecule has 0 bridgehead atoms. The summed E-state index contributed by atoms with van der Waals surface area (Å²) >= 11 is 7.69. The summed E-state index contributed by atoms with van der Waals surface area (Å²) in [5.41, 5.74) is 0. The first-order chi connectivity index (χ1) is 4.12. The van der Waals surface area contributed by atoms with Gasteiger partial charge >= 0.3 is 68.6 Å². The van der Waals surface area contributed by atoms with Crippen LogP contribution in [0.15, 0.2) is 0 Å². The van der Waals surface area contributed by atoms with Crippen molar-refractivity contribution >= 4 is 32.5 Å². The van der Waals surface area contributed by atoms with E-state index in [1.54, 1.807) is 0 Å². The van der Waals surface area contributed by atoms with Crippen LogP contribution < -0.4 is 0 Å². The zero-order valence-electron chi connectivity index (χ0n) is 5.49. The normalized spacial score (nSPS) is 11.9. The van der Waals surface area contributed by atoms with Crippen LogP contribution in [0.25, 0.3) is 0 Å². The van der Waals surface area contributed by atoms with E-state index < -0.39 is 5.16 Å². The van der Waals surface area contributed by atoms with Crippen molar-refractivity contribution in [3.05, 3.63) is 0 Å². The standard InChI is InChI=1S/C4H11O2PSSe/c1-3-5-7(8,9)6-4-2/h3-4H2,1-2H3,(H,8,9)/p-1. The molecule has 2 nitrogen and oxygen atoms in total. The first-order valence-corrected chi connectivity index (χ1v) is 7.58. The Balaban J connectivity index is 3.58. The van der Waals surface area contributed by atoms with Crippen molar-refractivity contribution in [3.63, 3.8) is 0 Å². The van der Waals surface area contributed by atoms with Crippen LogP contribution in [0.3, 0.4) is 0 Å². The molecule has 0 atom stereocenters. The average Bonchev–Trinajstić information content (AvgIpc) is 1.64. The van der Waals surface area contributed by atoms with E-state index in [9.17, 15) is 0 Å². The molecule has 0 unspecified atom stereocenters. The summed E-state index contributed by atoms with van der Waals surface area (Å²) in [6.45, 7) is 5.03. The molecule has 0 aromatic heterocycles. The van der Waals surface area contributed by atoms with E-state index in [-0.39, 0.29) is 0 Å². The molecule has 0 fully saturated rings. The third-order valence-corrected chi connectivity index (χ3v) is 3.68. The van der Waals surface area contributed by atoms with Gasteiger partial charge in [-0.2, -0.15) is 0 Å². The number of hydrogen-bond donors (Lipinski definition) is 0. The van der Waals surface area contributed by atoms with Gasteiger partial charge in [0.05, 0.1) is 0 Å². The summed E-state index contributed by atoms with van der Waals surface area (Å²) < 4.78 is 10.2. The van der Waals surface area contributed by atoms with Crippen molar-refractivity contribution in [1.29, 1.82) is 0 Å². The molecule has 0 aromatic carbocycles. The van der Waals surface area contributed by atoms with Crippen LogP contribution in [-0.2, 0) is 21.3 Å². The van der Waals surface area contributed by atoms with Crippen molar-refractivity contribution in [1.82, 2.24) is 0 Å². The summed E-state index contributed by atoms with van der Waals surface area (Å²) in [5.74, 6) is 0. The van der Waals surface area contributed by atoms with Gasteiger partial charge in [-0.3, -0.25) is 0 Å². The SMILES string of the molecule is CCOP([S-])(=[Se])OCC. The van der Waals surface area contributed by atoms with Crippen LogP contribution in [0.2, 0.25) is 0 Å². The molecular weight excluding hydrogens is 222 g/mol. The van der Waals surface area contributed by atoms with Gasteiger partial charge in [-0.1, -0.05) is 0 Å². The first kappa shape index (κ1) is 10.2. The Morgan fingerprint density at radius 1 is 1.33 bits per heavy atom. The molecule has 0 saturated heterocycles. The molecule has 0 aliphatic carbocycles. The zero-order valence-corrected chi connectivity index (χ0v) is 8.92. The van der Waals surface area contributed by atoms with E-state index in [0.29, 0.717) is 13.2 Å². The fraction of sp³-hybridized carbons (Fsp3) is 1.00. The van der Waals surface area contributed by atoms with Gasteiger partial charge in [0, 0.05) is 0 Å². The Morgan fingerprint density at radius 2 is 1.67 bits per heavy atom. The van der Waals surface area contributed by atoms with Crippen molar-refractivity contribution in [2.24, 2.45) is 0 Å². The van der Waals surface area contributed by atoms with E-state index in [1.165, 1.54) is 0 Å². The molecule has 0 aliphatic heterocycles. The molecule has 0 heterocycles. The van der Waals surface area contributed by atoms with E-state index in [0.717, 1.165) is 0 Å². The first-order valence-electron chi connectivity index (χ1n) is 2.72. The summed E-state index contributed by atoms with van der Waals surface area (Å²) in [7, 11) is 0. The van der Waals surface area contributed by atoms with E-state index in [1.807, 2.05) is 13.8 Å². The van der Waals surface area contributed by atoms with Gasteiger partial charge in [-0.05, 0) is 0 Å². The van der Waals surface area contributed by atoms with Crippen LogP contribution >= 0.6 is 5.16 Å². The van der Waals surface area contributed by atoms with Crippen LogP contribution in [-0.4, -0.2) is 28.3 Å². The van der Waals surface area contributed by atoms with Crippen molar-refractivity contribution in [2.45, 2.75) is 13.8 Å². The average molecular weight is 232 g/mol. The summed E-state index contributed by atoms with van der Waals surface area (Å²) in [6.07, 6.45) is 0. The van der Waals surface area contributed by atoms with E-state index in [4.69, 9.17) is 21.3 Å². The van der Waals surface area contributed by atoms with Gasteiger partial charge in [0.15, 0.2) is 0 Å². The zero-order chi connectivity index (χ0) is 7.33. The molecule has 0 radical (unpaired) electrons. The maximum absolute atomic E-state index is 5.12. The summed E-state index contributed by atoms with van der Waals surface area (Å²) in [6, 6.07) is 0. The van der Waals surface area contributed by atoms with E-state index in [2.05, 4.69) is 15.1 Å². The van der Waals surface area contributed by atoms with Crippen LogP contribution in [0.1, 0.15) is 13.8 Å². The Bertz CT molecular complexity index is 109. The monoisotopic (exact) mass is 233 g/mol. The third kappa shape index (κ3) is 5.65. The second kappa shape index (κ2) is 4.95. The van der Waals surface area contributed by atoms with Crippen molar-refractivity contribution < 1.29 is 9.05 Å². The predicted molar refractivity (Wildman–Crippen MR) is 43.3 cm³/mol. The molecule has 0 amide bonds. The Hall–Kier alpha value is 1.22. The Kier molecular flexibility index (Phi) is 5.62. The molecule has 56 valence electrons. The minimum absolute atomic E-state index is 0.615. The Morgan fingerprint density at radius 3 is 1.89 bits per heavy atom. The van der Waals surface area contributed by atoms with Gasteiger partial charge in [0.25, 0.3) is 0 Å². The van der Waals surface area contributed by atoms with Gasteiger partial charge in [0.2, 0.25) is 0 Å². The molecule has 5 heteroatoms. The molecular formula is C4H10O2PSSe-. The predicted octanol–water partition coefficient (Wildman–Crippen LogP) is 1.45. The quantitative estimate of drug-likeness (QED) is 0.415.